The average molecular weight is 290 g/mol. The van der Waals surface area contributed by atoms with E-state index in [1.807, 2.05) is 0 Å². The number of halogens is 1. The first-order chi connectivity index (χ1) is 8.26. The van der Waals surface area contributed by atoms with E-state index >= 15 is 0 Å². The third-order valence-corrected chi connectivity index (χ3v) is 4.50. The fourth-order valence-corrected chi connectivity index (χ4v) is 3.38. The Bertz CT molecular complexity index is 544. The van der Waals surface area contributed by atoms with Gasteiger partial charge in [0, 0.05) is 6.04 Å². The van der Waals surface area contributed by atoms with E-state index in [-0.39, 0.29) is 22.5 Å². The molecule has 1 rings (SSSR count). The normalized spacial score (nSPS) is 12.1. The third kappa shape index (κ3) is 3.24. The number of nitrogens with two attached hydrogens (primary N) is 1. The van der Waals surface area contributed by atoms with Gasteiger partial charge in [0.25, 0.3) is 0 Å². The number of hydrogen-bond donors (Lipinski definition) is 1. The molecule has 0 atom stereocenters. The fourth-order valence-electron chi connectivity index (χ4n) is 1.48. The van der Waals surface area contributed by atoms with Gasteiger partial charge in [-0.1, -0.05) is 24.4 Å². The predicted molar refractivity (Wildman–Crippen MR) is 72.2 cm³/mol. The van der Waals surface area contributed by atoms with Gasteiger partial charge in [0.2, 0.25) is 10.0 Å². The highest BCUT2D eigenvalue weighted by Crippen LogP contribution is 2.20. The molecule has 0 radical (unpaired) electrons. The van der Waals surface area contributed by atoms with Gasteiger partial charge in [-0.15, -0.1) is 0 Å². The number of thiocarbonyl (C=S) groups is 1. The Kier molecular flexibility index (Phi) is 4.78. The van der Waals surface area contributed by atoms with Crippen molar-refractivity contribution in [2.45, 2.75) is 24.8 Å². The molecule has 0 aliphatic rings. The molecule has 4 nitrogen and oxygen atoms in total. The molecule has 0 bridgehead atoms. The van der Waals surface area contributed by atoms with E-state index in [2.05, 4.69) is 0 Å². The Labute approximate surface area is 112 Å². The Morgan fingerprint density at radius 2 is 2.00 bits per heavy atom. The zero-order chi connectivity index (χ0) is 13.9. The lowest BCUT2D eigenvalue weighted by Gasteiger charge is -2.25. The molecule has 100 valence electrons. The van der Waals surface area contributed by atoms with Gasteiger partial charge in [-0.25, -0.2) is 12.8 Å². The van der Waals surface area contributed by atoms with Gasteiger partial charge < -0.3 is 5.73 Å². The Morgan fingerprint density at radius 3 is 2.44 bits per heavy atom. The van der Waals surface area contributed by atoms with E-state index in [1.165, 1.54) is 18.2 Å². The molecule has 0 aliphatic carbocycles. The maximum atomic E-state index is 13.6. The Morgan fingerprint density at radius 1 is 1.44 bits per heavy atom. The zero-order valence-corrected chi connectivity index (χ0v) is 11.8. The van der Waals surface area contributed by atoms with Gasteiger partial charge in [-0.2, -0.15) is 4.31 Å². The minimum atomic E-state index is -3.94. The van der Waals surface area contributed by atoms with Crippen LogP contribution in [-0.2, 0) is 10.0 Å². The highest BCUT2D eigenvalue weighted by molar-refractivity contribution is 7.89. The van der Waals surface area contributed by atoms with E-state index in [9.17, 15) is 12.8 Å². The lowest BCUT2D eigenvalue weighted by atomic mass is 10.3. The van der Waals surface area contributed by atoms with Crippen LogP contribution in [0.3, 0.4) is 0 Å². The lowest BCUT2D eigenvalue weighted by molar-refractivity contribution is 0.388. The smallest absolute Gasteiger partial charge is 0.246 e. The number of hydrogen-bond acceptors (Lipinski definition) is 3. The summed E-state index contributed by atoms with van der Waals surface area (Å²) in [6.07, 6.45) is 0. The average Bonchev–Trinajstić information content (AvgIpc) is 2.25. The van der Waals surface area contributed by atoms with Crippen LogP contribution in [0.4, 0.5) is 4.39 Å². The van der Waals surface area contributed by atoms with Crippen molar-refractivity contribution in [1.82, 2.24) is 4.31 Å². The molecular formula is C11H15FN2O2S2. The van der Waals surface area contributed by atoms with E-state index in [4.69, 9.17) is 18.0 Å². The van der Waals surface area contributed by atoms with Crippen molar-refractivity contribution in [3.63, 3.8) is 0 Å². The molecule has 0 unspecified atom stereocenters. The summed E-state index contributed by atoms with van der Waals surface area (Å²) in [5, 5.41) is 0. The summed E-state index contributed by atoms with van der Waals surface area (Å²) in [7, 11) is -3.94. The summed E-state index contributed by atoms with van der Waals surface area (Å²) in [6.45, 7) is 3.25. The molecule has 2 N–H and O–H groups in total. The minimum Gasteiger partial charge on any atom is -0.392 e. The zero-order valence-electron chi connectivity index (χ0n) is 10.1. The van der Waals surface area contributed by atoms with E-state index < -0.39 is 15.8 Å². The van der Waals surface area contributed by atoms with Crippen LogP contribution in [0.1, 0.15) is 13.8 Å². The van der Waals surface area contributed by atoms with Crippen molar-refractivity contribution in [1.29, 1.82) is 0 Å². The second kappa shape index (κ2) is 5.73. The monoisotopic (exact) mass is 290 g/mol. The fraction of sp³-hybridized carbons (Fsp3) is 0.364. The van der Waals surface area contributed by atoms with Crippen molar-refractivity contribution >= 4 is 27.2 Å². The van der Waals surface area contributed by atoms with E-state index in [0.717, 1.165) is 10.4 Å². The summed E-state index contributed by atoms with van der Waals surface area (Å²) in [6, 6.07) is 4.86. The van der Waals surface area contributed by atoms with Crippen LogP contribution in [0.25, 0.3) is 0 Å². The molecule has 0 heterocycles. The van der Waals surface area contributed by atoms with Crippen molar-refractivity contribution in [2.75, 3.05) is 6.54 Å². The van der Waals surface area contributed by atoms with Gasteiger partial charge >= 0.3 is 0 Å². The van der Waals surface area contributed by atoms with Gasteiger partial charge in [0.15, 0.2) is 0 Å². The minimum absolute atomic E-state index is 0.0450. The van der Waals surface area contributed by atoms with Crippen LogP contribution in [0.15, 0.2) is 29.2 Å². The van der Waals surface area contributed by atoms with Crippen molar-refractivity contribution in [2.24, 2.45) is 5.73 Å². The van der Waals surface area contributed by atoms with Crippen LogP contribution in [-0.4, -0.2) is 30.3 Å². The van der Waals surface area contributed by atoms with E-state index in [1.54, 1.807) is 13.8 Å². The third-order valence-electron chi connectivity index (χ3n) is 2.31. The molecule has 0 amide bonds. The maximum Gasteiger partial charge on any atom is 0.246 e. The van der Waals surface area contributed by atoms with E-state index in [0.29, 0.717) is 0 Å². The first-order valence-corrected chi connectivity index (χ1v) is 7.16. The topological polar surface area (TPSA) is 63.4 Å². The van der Waals surface area contributed by atoms with Gasteiger partial charge in [0.05, 0.1) is 11.5 Å². The SMILES string of the molecule is CC(C)N(CC(N)=S)S(=O)(=O)c1ccccc1F. The molecule has 7 heteroatoms. The Balaban J connectivity index is 3.26. The molecule has 18 heavy (non-hydrogen) atoms. The molecule has 0 aliphatic heterocycles. The lowest BCUT2D eigenvalue weighted by Crippen LogP contribution is -2.42. The van der Waals surface area contributed by atoms with Crippen molar-refractivity contribution in [3.8, 4) is 0 Å². The molecule has 1 aromatic rings. The number of benzene rings is 1. The van der Waals surface area contributed by atoms with Crippen LogP contribution in [0, 0.1) is 5.82 Å². The molecule has 0 saturated carbocycles. The number of sulfonamides is 1. The molecular weight excluding hydrogens is 275 g/mol. The maximum absolute atomic E-state index is 13.6. The molecule has 1 aromatic carbocycles. The first-order valence-electron chi connectivity index (χ1n) is 5.31. The second-order valence-electron chi connectivity index (χ2n) is 4.04. The summed E-state index contributed by atoms with van der Waals surface area (Å²) in [5.74, 6) is -0.786. The number of rotatable bonds is 5. The highest BCUT2D eigenvalue weighted by atomic mass is 32.2. The summed E-state index contributed by atoms with van der Waals surface area (Å²) >= 11 is 4.72. The first kappa shape index (κ1) is 15.0. The molecule has 0 aromatic heterocycles. The summed E-state index contributed by atoms with van der Waals surface area (Å²) in [4.78, 5) is -0.321. The number of nitrogens with zero attached hydrogens (tertiary/aromatic N) is 1. The Hall–Kier alpha value is -1.05. The predicted octanol–water partition coefficient (Wildman–Crippen LogP) is 1.51. The molecule has 0 fully saturated rings. The van der Waals surface area contributed by atoms with Gasteiger partial charge in [-0.3, -0.25) is 0 Å². The summed E-state index contributed by atoms with van der Waals surface area (Å²) < 4.78 is 39.3. The molecule has 0 saturated heterocycles. The van der Waals surface area contributed by atoms with Crippen molar-refractivity contribution < 1.29 is 12.8 Å². The van der Waals surface area contributed by atoms with Crippen LogP contribution in [0.5, 0.6) is 0 Å². The largest absolute Gasteiger partial charge is 0.392 e. The van der Waals surface area contributed by atoms with Crippen LogP contribution >= 0.6 is 12.2 Å². The second-order valence-corrected chi connectivity index (χ2v) is 6.42. The van der Waals surface area contributed by atoms with Crippen molar-refractivity contribution in [3.05, 3.63) is 30.1 Å². The van der Waals surface area contributed by atoms with Crippen LogP contribution in [0.2, 0.25) is 0 Å². The highest BCUT2D eigenvalue weighted by Gasteiger charge is 2.29. The standard InChI is InChI=1S/C11H15FN2O2S2/c1-8(2)14(7-11(13)17)18(15,16)10-6-4-3-5-9(10)12/h3-6,8H,7H2,1-2H3,(H2,13,17). The quantitative estimate of drug-likeness (QED) is 0.835. The van der Waals surface area contributed by atoms with Crippen LogP contribution < -0.4 is 5.73 Å². The van der Waals surface area contributed by atoms with Gasteiger partial charge in [-0.05, 0) is 26.0 Å². The summed E-state index contributed by atoms with van der Waals surface area (Å²) in [5.41, 5.74) is 5.38. The van der Waals surface area contributed by atoms with Gasteiger partial charge in [0.1, 0.15) is 10.7 Å². The molecule has 0 spiro atoms.